The van der Waals surface area contributed by atoms with E-state index < -0.39 is 5.97 Å². The predicted octanol–water partition coefficient (Wildman–Crippen LogP) is 2.40. The molecule has 112 valence electrons. The Morgan fingerprint density at radius 1 is 1.36 bits per heavy atom. The van der Waals surface area contributed by atoms with Gasteiger partial charge in [0, 0.05) is 10.8 Å². The fourth-order valence-electron chi connectivity index (χ4n) is 2.91. The molecule has 0 amide bonds. The molecule has 0 bridgehead atoms. The number of esters is 1. The zero-order valence-corrected chi connectivity index (χ0v) is 12.4. The van der Waals surface area contributed by atoms with Gasteiger partial charge in [0.25, 0.3) is 0 Å². The van der Waals surface area contributed by atoms with E-state index in [1.165, 1.54) is 11.1 Å². The number of fused-ring (bicyclic) bond motifs is 4. The van der Waals surface area contributed by atoms with Gasteiger partial charge >= 0.3 is 5.97 Å². The van der Waals surface area contributed by atoms with E-state index in [0.717, 1.165) is 10.8 Å². The first-order chi connectivity index (χ1) is 10.7. The second-order valence-corrected chi connectivity index (χ2v) is 5.35. The van der Waals surface area contributed by atoms with Gasteiger partial charge in [-0.3, -0.25) is 0 Å². The SMILES string of the molecule is CCOC(=O)c1c(C)nc2c3cc4c(cc3cnn12)COC4. The minimum Gasteiger partial charge on any atom is -0.461 e. The first-order valence-corrected chi connectivity index (χ1v) is 7.23. The number of carbonyl (C=O) groups is 1. The van der Waals surface area contributed by atoms with Gasteiger partial charge in [-0.05, 0) is 37.1 Å². The van der Waals surface area contributed by atoms with E-state index >= 15 is 0 Å². The Morgan fingerprint density at radius 2 is 2.14 bits per heavy atom. The number of hydrogen-bond donors (Lipinski definition) is 0. The summed E-state index contributed by atoms with van der Waals surface area (Å²) in [5, 5.41) is 6.34. The summed E-state index contributed by atoms with van der Waals surface area (Å²) in [5.74, 6) is -0.399. The Bertz CT molecular complexity index is 914. The Labute approximate surface area is 126 Å². The average molecular weight is 297 g/mol. The van der Waals surface area contributed by atoms with Crippen LogP contribution in [-0.2, 0) is 22.7 Å². The molecule has 0 fully saturated rings. The van der Waals surface area contributed by atoms with Crippen LogP contribution in [0.2, 0.25) is 0 Å². The molecule has 3 heterocycles. The van der Waals surface area contributed by atoms with Crippen LogP contribution < -0.4 is 0 Å². The lowest BCUT2D eigenvalue weighted by Gasteiger charge is -2.05. The van der Waals surface area contributed by atoms with Crippen molar-refractivity contribution in [3.63, 3.8) is 0 Å². The van der Waals surface area contributed by atoms with Crippen molar-refractivity contribution in [1.29, 1.82) is 0 Å². The maximum absolute atomic E-state index is 12.1. The standard InChI is InChI=1S/C16H15N3O3/c1-3-22-16(20)14-9(2)18-15-13-5-12-8-21-7-11(12)4-10(13)6-17-19(14)15/h4-6H,3,7-8H2,1-2H3. The molecular formula is C16H15N3O3. The van der Waals surface area contributed by atoms with E-state index in [2.05, 4.69) is 22.2 Å². The Morgan fingerprint density at radius 3 is 2.91 bits per heavy atom. The summed E-state index contributed by atoms with van der Waals surface area (Å²) in [4.78, 5) is 16.6. The van der Waals surface area contributed by atoms with Gasteiger partial charge in [0.1, 0.15) is 0 Å². The van der Waals surface area contributed by atoms with E-state index in [-0.39, 0.29) is 0 Å². The number of nitrogens with zero attached hydrogens (tertiary/aromatic N) is 3. The van der Waals surface area contributed by atoms with Crippen molar-refractivity contribution >= 4 is 22.4 Å². The van der Waals surface area contributed by atoms with E-state index in [0.29, 0.717) is 36.9 Å². The van der Waals surface area contributed by atoms with Crippen molar-refractivity contribution < 1.29 is 14.3 Å². The molecule has 1 aliphatic rings. The zero-order chi connectivity index (χ0) is 15.3. The highest BCUT2D eigenvalue weighted by Crippen LogP contribution is 2.28. The average Bonchev–Trinajstić information content (AvgIpc) is 3.07. The predicted molar refractivity (Wildman–Crippen MR) is 79.7 cm³/mol. The molecule has 22 heavy (non-hydrogen) atoms. The molecule has 0 radical (unpaired) electrons. The van der Waals surface area contributed by atoms with Gasteiger partial charge in [-0.15, -0.1) is 0 Å². The summed E-state index contributed by atoms with van der Waals surface area (Å²) < 4.78 is 12.1. The molecule has 0 N–H and O–H groups in total. The summed E-state index contributed by atoms with van der Waals surface area (Å²) in [6, 6.07) is 4.16. The highest BCUT2D eigenvalue weighted by atomic mass is 16.5. The largest absolute Gasteiger partial charge is 0.461 e. The molecule has 0 atom stereocenters. The van der Waals surface area contributed by atoms with Crippen LogP contribution in [0.1, 0.15) is 34.2 Å². The van der Waals surface area contributed by atoms with Gasteiger partial charge in [0.15, 0.2) is 11.3 Å². The summed E-state index contributed by atoms with van der Waals surface area (Å²) in [5.41, 5.74) is 4.03. The number of hydrogen-bond acceptors (Lipinski definition) is 5. The third-order valence-corrected chi connectivity index (χ3v) is 3.94. The fourth-order valence-corrected chi connectivity index (χ4v) is 2.91. The van der Waals surface area contributed by atoms with Crippen molar-refractivity contribution in [1.82, 2.24) is 14.6 Å². The lowest BCUT2D eigenvalue weighted by molar-refractivity contribution is 0.0516. The first-order valence-electron chi connectivity index (χ1n) is 7.23. The van der Waals surface area contributed by atoms with E-state index in [4.69, 9.17) is 9.47 Å². The number of imidazole rings is 1. The molecule has 4 rings (SSSR count). The summed E-state index contributed by atoms with van der Waals surface area (Å²) >= 11 is 0. The number of carbonyl (C=O) groups excluding carboxylic acids is 1. The van der Waals surface area contributed by atoms with Crippen LogP contribution in [-0.4, -0.2) is 27.2 Å². The van der Waals surface area contributed by atoms with Gasteiger partial charge < -0.3 is 9.47 Å². The quantitative estimate of drug-likeness (QED) is 0.680. The second kappa shape index (κ2) is 4.78. The van der Waals surface area contributed by atoms with Crippen molar-refractivity contribution in [2.45, 2.75) is 27.1 Å². The summed E-state index contributed by atoms with van der Waals surface area (Å²) in [6.45, 7) is 5.15. The topological polar surface area (TPSA) is 65.7 Å². The van der Waals surface area contributed by atoms with Gasteiger partial charge in [-0.2, -0.15) is 5.10 Å². The number of ether oxygens (including phenoxy) is 2. The van der Waals surface area contributed by atoms with Crippen LogP contribution in [0.15, 0.2) is 18.3 Å². The highest BCUT2D eigenvalue weighted by molar-refractivity contribution is 5.97. The normalized spacial score (nSPS) is 13.7. The third-order valence-electron chi connectivity index (χ3n) is 3.94. The summed E-state index contributed by atoms with van der Waals surface area (Å²) in [6.07, 6.45) is 1.75. The first kappa shape index (κ1) is 13.2. The molecular weight excluding hydrogens is 282 g/mol. The van der Waals surface area contributed by atoms with Crippen LogP contribution >= 0.6 is 0 Å². The zero-order valence-electron chi connectivity index (χ0n) is 12.4. The molecule has 6 heteroatoms. The van der Waals surface area contributed by atoms with Gasteiger partial charge in [0.2, 0.25) is 0 Å². The van der Waals surface area contributed by atoms with Crippen molar-refractivity contribution in [2.24, 2.45) is 0 Å². The number of rotatable bonds is 2. The number of aromatic nitrogens is 3. The summed E-state index contributed by atoms with van der Waals surface area (Å²) in [7, 11) is 0. The molecule has 0 aliphatic carbocycles. The van der Waals surface area contributed by atoms with Crippen LogP contribution in [0.4, 0.5) is 0 Å². The molecule has 0 saturated carbocycles. The van der Waals surface area contributed by atoms with Gasteiger partial charge in [-0.1, -0.05) is 0 Å². The third kappa shape index (κ3) is 1.80. The van der Waals surface area contributed by atoms with Crippen LogP contribution in [0.3, 0.4) is 0 Å². The Kier molecular flexibility index (Phi) is 2.87. The molecule has 6 nitrogen and oxygen atoms in total. The lowest BCUT2D eigenvalue weighted by Crippen LogP contribution is -2.11. The maximum atomic E-state index is 12.1. The van der Waals surface area contributed by atoms with Crippen molar-refractivity contribution in [3.05, 3.63) is 40.8 Å². The number of benzene rings is 1. The van der Waals surface area contributed by atoms with Crippen molar-refractivity contribution in [3.8, 4) is 0 Å². The second-order valence-electron chi connectivity index (χ2n) is 5.35. The molecule has 0 spiro atoms. The monoisotopic (exact) mass is 297 g/mol. The molecule has 0 unspecified atom stereocenters. The van der Waals surface area contributed by atoms with E-state index in [1.54, 1.807) is 24.6 Å². The molecule has 1 aliphatic heterocycles. The van der Waals surface area contributed by atoms with Gasteiger partial charge in [-0.25, -0.2) is 14.3 Å². The fraction of sp³-hybridized carbons (Fsp3) is 0.312. The van der Waals surface area contributed by atoms with Crippen LogP contribution in [0.25, 0.3) is 16.4 Å². The number of aryl methyl sites for hydroxylation is 1. The van der Waals surface area contributed by atoms with E-state index in [1.807, 2.05) is 0 Å². The molecule has 2 aromatic heterocycles. The van der Waals surface area contributed by atoms with Crippen LogP contribution in [0.5, 0.6) is 0 Å². The van der Waals surface area contributed by atoms with E-state index in [9.17, 15) is 4.79 Å². The molecule has 1 aromatic carbocycles. The Hall–Kier alpha value is -2.47. The minimum atomic E-state index is -0.399. The smallest absolute Gasteiger partial charge is 0.358 e. The van der Waals surface area contributed by atoms with Gasteiger partial charge in [0.05, 0.1) is 31.7 Å². The molecule has 3 aromatic rings. The molecule has 0 saturated heterocycles. The lowest BCUT2D eigenvalue weighted by atomic mass is 10.1. The minimum absolute atomic E-state index is 0.323. The highest BCUT2D eigenvalue weighted by Gasteiger charge is 2.21. The Balaban J connectivity index is 2.01. The van der Waals surface area contributed by atoms with Crippen molar-refractivity contribution in [2.75, 3.05) is 6.61 Å². The maximum Gasteiger partial charge on any atom is 0.358 e. The van der Waals surface area contributed by atoms with Crippen LogP contribution in [0, 0.1) is 6.92 Å².